The van der Waals surface area contributed by atoms with Crippen LogP contribution in [0.2, 0.25) is 0 Å². The maximum Gasteiger partial charge on any atom is 0.295 e. The number of primary amides is 1. The van der Waals surface area contributed by atoms with E-state index in [0.29, 0.717) is 22.9 Å². The second-order valence-corrected chi connectivity index (χ2v) is 8.53. The van der Waals surface area contributed by atoms with E-state index in [9.17, 15) is 9.59 Å². The zero-order chi connectivity index (χ0) is 23.2. The lowest BCUT2D eigenvalue weighted by atomic mass is 10.1. The Kier molecular flexibility index (Phi) is 6.91. The van der Waals surface area contributed by atoms with E-state index >= 15 is 0 Å². The number of amides is 2. The van der Waals surface area contributed by atoms with E-state index < -0.39 is 5.91 Å². The predicted octanol–water partition coefficient (Wildman–Crippen LogP) is 3.81. The minimum atomic E-state index is -0.513. The second-order valence-electron chi connectivity index (χ2n) is 7.55. The van der Waals surface area contributed by atoms with Gasteiger partial charge in [0.05, 0.1) is 5.69 Å². The number of benzene rings is 2. The molecule has 33 heavy (non-hydrogen) atoms. The summed E-state index contributed by atoms with van der Waals surface area (Å²) in [5.41, 5.74) is 7.02. The van der Waals surface area contributed by atoms with Crippen LogP contribution in [0, 0.1) is 11.8 Å². The molecule has 2 amide bonds. The molecule has 8 heteroatoms. The van der Waals surface area contributed by atoms with Crippen molar-refractivity contribution >= 4 is 28.3 Å². The van der Waals surface area contributed by atoms with Crippen LogP contribution in [0.15, 0.2) is 54.6 Å². The third-order valence-corrected chi connectivity index (χ3v) is 6.41. The molecule has 1 fully saturated rings. The van der Waals surface area contributed by atoms with E-state index in [4.69, 9.17) is 15.5 Å². The van der Waals surface area contributed by atoms with Crippen molar-refractivity contribution in [2.24, 2.45) is 5.73 Å². The molecule has 2 heterocycles. The van der Waals surface area contributed by atoms with Gasteiger partial charge in [0, 0.05) is 24.7 Å². The molecule has 1 saturated heterocycles. The van der Waals surface area contributed by atoms with Gasteiger partial charge in [0.1, 0.15) is 16.4 Å². The Morgan fingerprint density at radius 3 is 2.61 bits per heavy atom. The number of rotatable bonds is 7. The summed E-state index contributed by atoms with van der Waals surface area (Å²) >= 11 is 1.28. The first kappa shape index (κ1) is 22.4. The minimum Gasteiger partial charge on any atom is -0.457 e. The number of nitrogens with one attached hydrogen (secondary N) is 1. The number of para-hydroxylation sites is 1. The van der Waals surface area contributed by atoms with Crippen LogP contribution >= 0.6 is 11.3 Å². The van der Waals surface area contributed by atoms with Gasteiger partial charge in [-0.1, -0.05) is 35.5 Å². The first-order valence-electron chi connectivity index (χ1n) is 10.7. The molecule has 0 aliphatic carbocycles. The fourth-order valence-corrected chi connectivity index (χ4v) is 4.81. The van der Waals surface area contributed by atoms with E-state index in [1.54, 1.807) is 6.92 Å². The number of nitrogens with zero attached hydrogens (tertiary/aromatic N) is 2. The molecule has 0 radical (unpaired) electrons. The molecule has 0 spiro atoms. The summed E-state index contributed by atoms with van der Waals surface area (Å²) in [6.45, 7) is 2.90. The Morgan fingerprint density at radius 2 is 1.91 bits per heavy atom. The molecule has 0 saturated carbocycles. The van der Waals surface area contributed by atoms with Crippen LogP contribution in [0.3, 0.4) is 0 Å². The molecule has 0 bridgehead atoms. The lowest BCUT2D eigenvalue weighted by Gasteiger charge is -2.23. The van der Waals surface area contributed by atoms with E-state index in [2.05, 4.69) is 22.1 Å². The van der Waals surface area contributed by atoms with Crippen LogP contribution in [-0.2, 0) is 4.79 Å². The zero-order valence-corrected chi connectivity index (χ0v) is 19.0. The number of anilines is 1. The molecule has 1 aromatic heterocycles. The van der Waals surface area contributed by atoms with Crippen molar-refractivity contribution in [3.8, 4) is 34.6 Å². The van der Waals surface area contributed by atoms with Crippen molar-refractivity contribution in [2.45, 2.75) is 25.8 Å². The Labute approximate surface area is 196 Å². The highest BCUT2D eigenvalue weighted by Crippen LogP contribution is 2.36. The number of hydrogen-bond donors (Lipinski definition) is 2. The van der Waals surface area contributed by atoms with E-state index in [1.165, 1.54) is 11.3 Å². The average Bonchev–Trinajstić information content (AvgIpc) is 3.46. The smallest absolute Gasteiger partial charge is 0.295 e. The van der Waals surface area contributed by atoms with Gasteiger partial charge in [-0.15, -0.1) is 0 Å². The molecule has 1 unspecified atom stereocenters. The van der Waals surface area contributed by atoms with Gasteiger partial charge in [-0.25, -0.2) is 4.98 Å². The summed E-state index contributed by atoms with van der Waals surface area (Å²) in [5, 5.41) is 3.57. The maximum atomic E-state index is 12.2. The predicted molar refractivity (Wildman–Crippen MR) is 129 cm³/mol. The minimum absolute atomic E-state index is 0.0916. The maximum absolute atomic E-state index is 12.2. The summed E-state index contributed by atoms with van der Waals surface area (Å²) in [6, 6.07) is 17.0. The van der Waals surface area contributed by atoms with Gasteiger partial charge in [-0.05, 0) is 62.1 Å². The third kappa shape index (κ3) is 5.33. The first-order chi connectivity index (χ1) is 16.0. The van der Waals surface area contributed by atoms with Crippen LogP contribution in [0.25, 0.3) is 11.3 Å². The first-order valence-corrected chi connectivity index (χ1v) is 11.5. The molecule has 3 N–H and O–H groups in total. The van der Waals surface area contributed by atoms with Gasteiger partial charge in [-0.3, -0.25) is 9.59 Å². The summed E-state index contributed by atoms with van der Waals surface area (Å²) in [4.78, 5) is 31.2. The molecular formula is C25H24N4O3S. The number of thiazole rings is 1. The van der Waals surface area contributed by atoms with Crippen molar-refractivity contribution in [1.29, 1.82) is 0 Å². The van der Waals surface area contributed by atoms with Crippen molar-refractivity contribution in [2.75, 3.05) is 18.0 Å². The quantitative estimate of drug-likeness (QED) is 0.523. The number of ether oxygens (including phenoxy) is 1. The van der Waals surface area contributed by atoms with Gasteiger partial charge < -0.3 is 20.7 Å². The van der Waals surface area contributed by atoms with Gasteiger partial charge in [0.15, 0.2) is 5.13 Å². The van der Waals surface area contributed by atoms with E-state index in [0.717, 1.165) is 35.8 Å². The van der Waals surface area contributed by atoms with Gasteiger partial charge >= 0.3 is 0 Å². The average molecular weight is 461 g/mol. The molecule has 2 aromatic carbocycles. The number of carbonyl (C=O) groups is 2. The highest BCUT2D eigenvalue weighted by Gasteiger charge is 2.29. The van der Waals surface area contributed by atoms with Crippen LogP contribution < -0.4 is 20.7 Å². The zero-order valence-electron chi connectivity index (χ0n) is 18.2. The Bertz CT molecular complexity index is 1200. The van der Waals surface area contributed by atoms with E-state index in [1.807, 2.05) is 54.6 Å². The van der Waals surface area contributed by atoms with Gasteiger partial charge in [0.2, 0.25) is 0 Å². The standard InChI is InChI=1S/C25H24N4O3S/c1-2-7-21(30)27-16-18-8-6-15-29(18)25-28-22(23(33-25)24(26)31)17-11-13-20(14-12-17)32-19-9-4-3-5-10-19/h3-5,9-14,18H,6,8,15-16H2,1H3,(H2,26,31)(H,27,30). The lowest BCUT2D eigenvalue weighted by molar-refractivity contribution is -0.115. The monoisotopic (exact) mass is 460 g/mol. The topological polar surface area (TPSA) is 97.6 Å². The molecule has 1 aliphatic heterocycles. The number of hydrogen-bond acceptors (Lipinski definition) is 6. The van der Waals surface area contributed by atoms with Gasteiger partial charge in [0.25, 0.3) is 11.8 Å². The van der Waals surface area contributed by atoms with Crippen LogP contribution in [0.5, 0.6) is 11.5 Å². The van der Waals surface area contributed by atoms with Crippen LogP contribution in [-0.4, -0.2) is 35.9 Å². The highest BCUT2D eigenvalue weighted by molar-refractivity contribution is 7.18. The normalized spacial score (nSPS) is 14.9. The van der Waals surface area contributed by atoms with Crippen molar-refractivity contribution < 1.29 is 14.3 Å². The van der Waals surface area contributed by atoms with Crippen molar-refractivity contribution in [3.05, 3.63) is 59.5 Å². The van der Waals surface area contributed by atoms with Crippen LogP contribution in [0.1, 0.15) is 29.4 Å². The van der Waals surface area contributed by atoms with Gasteiger partial charge in [-0.2, -0.15) is 0 Å². The molecule has 4 rings (SSSR count). The molecular weight excluding hydrogens is 436 g/mol. The number of aromatic nitrogens is 1. The summed E-state index contributed by atoms with van der Waals surface area (Å²) in [5.74, 6) is 5.72. The fourth-order valence-electron chi connectivity index (χ4n) is 3.77. The summed E-state index contributed by atoms with van der Waals surface area (Å²) in [7, 11) is 0. The Hall–Kier alpha value is -3.83. The van der Waals surface area contributed by atoms with Crippen LogP contribution in [0.4, 0.5) is 5.13 Å². The Balaban J connectivity index is 1.54. The highest BCUT2D eigenvalue weighted by atomic mass is 32.1. The van der Waals surface area contributed by atoms with Crippen molar-refractivity contribution in [1.82, 2.24) is 10.3 Å². The fraction of sp³-hybridized carbons (Fsp3) is 0.240. The molecule has 1 atom stereocenters. The summed E-state index contributed by atoms with van der Waals surface area (Å²) in [6.07, 6.45) is 1.90. The largest absolute Gasteiger partial charge is 0.457 e. The van der Waals surface area contributed by atoms with E-state index in [-0.39, 0.29) is 11.9 Å². The molecule has 7 nitrogen and oxygen atoms in total. The SMILES string of the molecule is CC#CC(=O)NCC1CCCN1c1nc(-c2ccc(Oc3ccccc3)cc2)c(C(N)=O)s1. The lowest BCUT2D eigenvalue weighted by Crippen LogP contribution is -2.39. The second kappa shape index (κ2) is 10.2. The number of nitrogens with two attached hydrogens (primary N) is 1. The molecule has 1 aliphatic rings. The third-order valence-electron chi connectivity index (χ3n) is 5.31. The molecule has 168 valence electrons. The number of carbonyl (C=O) groups excluding carboxylic acids is 2. The van der Waals surface area contributed by atoms with Crippen molar-refractivity contribution in [3.63, 3.8) is 0 Å². The summed E-state index contributed by atoms with van der Waals surface area (Å²) < 4.78 is 5.85. The Morgan fingerprint density at radius 1 is 1.18 bits per heavy atom. The molecule has 3 aromatic rings.